The number of nitrogens with zero attached hydrogens (tertiary/aromatic N) is 1. The van der Waals surface area contributed by atoms with Gasteiger partial charge < -0.3 is 4.74 Å². The predicted octanol–water partition coefficient (Wildman–Crippen LogP) is 5.38. The van der Waals surface area contributed by atoms with Gasteiger partial charge in [0, 0.05) is 10.7 Å². The average Bonchev–Trinajstić information content (AvgIpc) is 2.48. The van der Waals surface area contributed by atoms with Gasteiger partial charge in [0.25, 0.3) is 0 Å². The maximum absolute atomic E-state index is 5.62. The Morgan fingerprint density at radius 1 is 1.05 bits per heavy atom. The van der Waals surface area contributed by atoms with Gasteiger partial charge in [-0.3, -0.25) is 4.99 Å². The highest BCUT2D eigenvalue weighted by atomic mass is 79.9. The molecule has 0 N–H and O–H groups in total. The molecule has 2 nitrogen and oxygen atoms in total. The Morgan fingerprint density at radius 2 is 1.75 bits per heavy atom. The zero-order chi connectivity index (χ0) is 14.2. The third kappa shape index (κ3) is 4.82. The number of benzene rings is 2. The van der Waals surface area contributed by atoms with Gasteiger partial charge in [0.05, 0.1) is 12.3 Å². The second-order valence-electron chi connectivity index (χ2n) is 4.51. The molecule has 104 valence electrons. The van der Waals surface area contributed by atoms with Crippen LogP contribution in [0.25, 0.3) is 0 Å². The average molecular weight is 332 g/mol. The van der Waals surface area contributed by atoms with Gasteiger partial charge in [0.1, 0.15) is 5.75 Å². The molecule has 20 heavy (non-hydrogen) atoms. The van der Waals surface area contributed by atoms with Crippen molar-refractivity contribution in [2.45, 2.75) is 19.8 Å². The van der Waals surface area contributed by atoms with Gasteiger partial charge in [-0.15, -0.1) is 0 Å². The molecule has 0 fully saturated rings. The van der Waals surface area contributed by atoms with Gasteiger partial charge in [-0.05, 0) is 48.4 Å². The molecule has 0 heterocycles. The molecule has 0 bridgehead atoms. The smallest absolute Gasteiger partial charge is 0.119 e. The molecule has 0 saturated carbocycles. The number of rotatable bonds is 6. The van der Waals surface area contributed by atoms with E-state index in [0.29, 0.717) is 0 Å². The molecule has 2 aromatic carbocycles. The first-order valence-corrected chi connectivity index (χ1v) is 7.60. The molecule has 0 atom stereocenters. The van der Waals surface area contributed by atoms with E-state index in [9.17, 15) is 0 Å². The van der Waals surface area contributed by atoms with Crippen molar-refractivity contribution < 1.29 is 4.74 Å². The lowest BCUT2D eigenvalue weighted by Gasteiger charge is -2.04. The molecule has 0 amide bonds. The Kier molecular flexibility index (Phi) is 5.81. The van der Waals surface area contributed by atoms with Crippen molar-refractivity contribution in [2.75, 3.05) is 6.61 Å². The summed E-state index contributed by atoms with van der Waals surface area (Å²) in [7, 11) is 0. The highest BCUT2D eigenvalue weighted by molar-refractivity contribution is 9.10. The second kappa shape index (κ2) is 7.85. The molecule has 0 aromatic heterocycles. The van der Waals surface area contributed by atoms with Crippen LogP contribution in [0.15, 0.2) is 58.0 Å². The molecule has 0 aliphatic rings. The van der Waals surface area contributed by atoms with E-state index in [1.165, 1.54) is 0 Å². The summed E-state index contributed by atoms with van der Waals surface area (Å²) >= 11 is 3.42. The van der Waals surface area contributed by atoms with Crippen LogP contribution >= 0.6 is 15.9 Å². The van der Waals surface area contributed by atoms with E-state index < -0.39 is 0 Å². The summed E-state index contributed by atoms with van der Waals surface area (Å²) in [5, 5.41) is 0. The molecule has 2 aromatic rings. The molecule has 0 aliphatic carbocycles. The van der Waals surface area contributed by atoms with Gasteiger partial charge in [-0.25, -0.2) is 0 Å². The first-order chi connectivity index (χ1) is 9.78. The quantitative estimate of drug-likeness (QED) is 0.514. The lowest BCUT2D eigenvalue weighted by atomic mass is 10.2. The van der Waals surface area contributed by atoms with Gasteiger partial charge >= 0.3 is 0 Å². The Balaban J connectivity index is 1.94. The number of halogens is 1. The van der Waals surface area contributed by atoms with E-state index in [0.717, 1.165) is 40.9 Å². The lowest BCUT2D eigenvalue weighted by Crippen LogP contribution is -1.95. The summed E-state index contributed by atoms with van der Waals surface area (Å²) in [6.07, 6.45) is 4.10. The molecule has 0 spiro atoms. The van der Waals surface area contributed by atoms with Crippen molar-refractivity contribution >= 4 is 27.8 Å². The first kappa shape index (κ1) is 14.8. The normalized spacial score (nSPS) is 10.9. The maximum Gasteiger partial charge on any atom is 0.119 e. The number of hydrogen-bond donors (Lipinski definition) is 0. The van der Waals surface area contributed by atoms with Crippen LogP contribution in [-0.4, -0.2) is 12.8 Å². The maximum atomic E-state index is 5.62. The first-order valence-electron chi connectivity index (χ1n) is 6.80. The molecule has 0 unspecified atom stereocenters. The van der Waals surface area contributed by atoms with Crippen LogP contribution in [0.5, 0.6) is 5.75 Å². The van der Waals surface area contributed by atoms with Crippen LogP contribution in [0.1, 0.15) is 25.3 Å². The number of ether oxygens (including phenoxy) is 1. The third-order valence-corrected chi connectivity index (χ3v) is 3.36. The monoisotopic (exact) mass is 331 g/mol. The van der Waals surface area contributed by atoms with Crippen molar-refractivity contribution in [3.05, 3.63) is 58.6 Å². The standard InChI is InChI=1S/C17H18BrNO/c1-2-3-12-20-17-10-8-16(9-11-17)19-13-14-4-6-15(18)7-5-14/h4-11,13H,2-3,12H2,1H3. The summed E-state index contributed by atoms with van der Waals surface area (Å²) in [6.45, 7) is 2.93. The SMILES string of the molecule is CCCCOc1ccc(N=Cc2ccc(Br)cc2)cc1. The van der Waals surface area contributed by atoms with Gasteiger partial charge in [-0.1, -0.05) is 41.4 Å². The van der Waals surface area contributed by atoms with E-state index in [1.807, 2.05) is 54.7 Å². The largest absolute Gasteiger partial charge is 0.494 e. The topological polar surface area (TPSA) is 21.6 Å². The molecular formula is C17H18BrNO. The van der Waals surface area contributed by atoms with Crippen LogP contribution < -0.4 is 4.74 Å². The molecule has 2 rings (SSSR count). The van der Waals surface area contributed by atoms with E-state index in [-0.39, 0.29) is 0 Å². The van der Waals surface area contributed by atoms with Crippen LogP contribution in [0.3, 0.4) is 0 Å². The highest BCUT2D eigenvalue weighted by Gasteiger charge is 1.94. The molecule has 3 heteroatoms. The summed E-state index contributed by atoms with van der Waals surface area (Å²) in [5.74, 6) is 0.904. The predicted molar refractivity (Wildman–Crippen MR) is 88.2 cm³/mol. The zero-order valence-electron chi connectivity index (χ0n) is 11.6. The van der Waals surface area contributed by atoms with Crippen molar-refractivity contribution in [3.63, 3.8) is 0 Å². The Hall–Kier alpha value is -1.61. The second-order valence-corrected chi connectivity index (χ2v) is 5.42. The fraction of sp³-hybridized carbons (Fsp3) is 0.235. The third-order valence-electron chi connectivity index (χ3n) is 2.84. The molecule has 0 radical (unpaired) electrons. The van der Waals surface area contributed by atoms with Crippen LogP contribution in [0.4, 0.5) is 5.69 Å². The van der Waals surface area contributed by atoms with Crippen molar-refractivity contribution in [1.82, 2.24) is 0 Å². The minimum Gasteiger partial charge on any atom is -0.494 e. The van der Waals surface area contributed by atoms with E-state index in [2.05, 4.69) is 27.8 Å². The van der Waals surface area contributed by atoms with Gasteiger partial charge in [0.2, 0.25) is 0 Å². The van der Waals surface area contributed by atoms with Crippen LogP contribution in [-0.2, 0) is 0 Å². The van der Waals surface area contributed by atoms with Crippen LogP contribution in [0.2, 0.25) is 0 Å². The lowest BCUT2D eigenvalue weighted by molar-refractivity contribution is 0.309. The van der Waals surface area contributed by atoms with Crippen LogP contribution in [0, 0.1) is 0 Å². The van der Waals surface area contributed by atoms with Crippen molar-refractivity contribution in [2.24, 2.45) is 4.99 Å². The summed E-state index contributed by atoms with van der Waals surface area (Å²) in [5.41, 5.74) is 2.01. The minimum atomic E-state index is 0.776. The van der Waals surface area contributed by atoms with Gasteiger partial charge in [0.15, 0.2) is 0 Å². The number of aliphatic imine (C=N–C) groups is 1. The fourth-order valence-corrected chi connectivity index (χ4v) is 1.93. The summed E-state index contributed by atoms with van der Waals surface area (Å²) < 4.78 is 6.69. The van der Waals surface area contributed by atoms with Crippen molar-refractivity contribution in [1.29, 1.82) is 0 Å². The molecule has 0 aliphatic heterocycles. The number of unbranched alkanes of at least 4 members (excludes halogenated alkanes) is 1. The molecular weight excluding hydrogens is 314 g/mol. The Bertz CT molecular complexity index is 546. The molecule has 0 saturated heterocycles. The van der Waals surface area contributed by atoms with E-state index in [4.69, 9.17) is 4.74 Å². The number of hydrogen-bond acceptors (Lipinski definition) is 2. The van der Waals surface area contributed by atoms with E-state index >= 15 is 0 Å². The zero-order valence-corrected chi connectivity index (χ0v) is 13.1. The van der Waals surface area contributed by atoms with E-state index in [1.54, 1.807) is 0 Å². The fourth-order valence-electron chi connectivity index (χ4n) is 1.66. The van der Waals surface area contributed by atoms with Crippen molar-refractivity contribution in [3.8, 4) is 5.75 Å². The minimum absolute atomic E-state index is 0.776. The Labute approximate surface area is 128 Å². The Morgan fingerprint density at radius 3 is 2.40 bits per heavy atom. The summed E-state index contributed by atoms with van der Waals surface area (Å²) in [6, 6.07) is 15.9. The highest BCUT2D eigenvalue weighted by Crippen LogP contribution is 2.18. The summed E-state index contributed by atoms with van der Waals surface area (Å²) in [4.78, 5) is 4.45. The van der Waals surface area contributed by atoms with Gasteiger partial charge in [-0.2, -0.15) is 0 Å².